The van der Waals surface area contributed by atoms with Crippen LogP contribution in [0.15, 0.2) is 24.3 Å². The maximum atomic E-state index is 12.6. The van der Waals surface area contributed by atoms with Crippen molar-refractivity contribution in [3.63, 3.8) is 0 Å². The molecule has 1 aromatic carbocycles. The predicted octanol–water partition coefficient (Wildman–Crippen LogP) is 3.55. The van der Waals surface area contributed by atoms with Crippen LogP contribution in [0.25, 0.3) is 0 Å². The van der Waals surface area contributed by atoms with Crippen LogP contribution in [0.1, 0.15) is 39.5 Å². The molecule has 0 aromatic heterocycles. The molecule has 2 atom stereocenters. The Morgan fingerprint density at radius 2 is 1.80 bits per heavy atom. The highest BCUT2D eigenvalue weighted by Gasteiger charge is 2.31. The minimum atomic E-state index is -0.106. The summed E-state index contributed by atoms with van der Waals surface area (Å²) in [4.78, 5) is 16.8. The molecule has 3 rings (SSSR count). The minimum Gasteiger partial charge on any atom is -0.394 e. The second-order valence-electron chi connectivity index (χ2n) is 7.71. The van der Waals surface area contributed by atoms with Crippen molar-refractivity contribution in [3.8, 4) is 0 Å². The summed E-state index contributed by atoms with van der Waals surface area (Å²) >= 11 is 0. The molecule has 0 bridgehead atoms. The number of aliphatic hydroxyl groups excluding tert-OH is 1. The Labute approximate surface area is 151 Å². The maximum Gasteiger partial charge on any atom is 0.322 e. The van der Waals surface area contributed by atoms with Crippen LogP contribution in [0.3, 0.4) is 0 Å². The number of anilines is 2. The average Bonchev–Trinajstić information content (AvgIpc) is 2.63. The van der Waals surface area contributed by atoms with E-state index < -0.39 is 0 Å². The van der Waals surface area contributed by atoms with Crippen LogP contribution < -0.4 is 10.2 Å². The molecule has 1 aromatic rings. The molecule has 2 fully saturated rings. The van der Waals surface area contributed by atoms with Gasteiger partial charge in [-0.1, -0.05) is 13.8 Å². The monoisotopic (exact) mass is 345 g/mol. The van der Waals surface area contributed by atoms with Crippen molar-refractivity contribution in [1.82, 2.24) is 4.90 Å². The van der Waals surface area contributed by atoms with E-state index in [2.05, 4.69) is 36.2 Å². The number of hydrogen-bond donors (Lipinski definition) is 2. The lowest BCUT2D eigenvalue weighted by Gasteiger charge is -2.38. The Balaban J connectivity index is 1.60. The predicted molar refractivity (Wildman–Crippen MR) is 102 cm³/mol. The number of piperidine rings is 2. The zero-order valence-electron chi connectivity index (χ0n) is 15.4. The van der Waals surface area contributed by atoms with Crippen molar-refractivity contribution >= 4 is 17.4 Å². The summed E-state index contributed by atoms with van der Waals surface area (Å²) in [7, 11) is 0. The molecule has 2 N–H and O–H groups in total. The smallest absolute Gasteiger partial charge is 0.322 e. The molecule has 5 nitrogen and oxygen atoms in total. The van der Waals surface area contributed by atoms with Gasteiger partial charge in [0.25, 0.3) is 0 Å². The molecule has 2 aliphatic heterocycles. The summed E-state index contributed by atoms with van der Waals surface area (Å²) in [5.41, 5.74) is 2.04. The number of aliphatic hydroxyl groups is 1. The lowest BCUT2D eigenvalue weighted by Crippen LogP contribution is -2.51. The van der Waals surface area contributed by atoms with E-state index in [1.165, 1.54) is 18.5 Å². The van der Waals surface area contributed by atoms with Crippen LogP contribution >= 0.6 is 0 Å². The molecule has 2 heterocycles. The highest BCUT2D eigenvalue weighted by Crippen LogP contribution is 2.26. The van der Waals surface area contributed by atoms with Gasteiger partial charge >= 0.3 is 6.03 Å². The number of likely N-dealkylation sites (tertiary alicyclic amines) is 1. The van der Waals surface area contributed by atoms with Gasteiger partial charge in [-0.3, -0.25) is 0 Å². The first-order valence-electron chi connectivity index (χ1n) is 9.62. The van der Waals surface area contributed by atoms with Gasteiger partial charge in [0.05, 0.1) is 12.6 Å². The van der Waals surface area contributed by atoms with Gasteiger partial charge in [-0.05, 0) is 61.8 Å². The SMILES string of the molecule is CC1CCN(c2ccc(NC(=O)N3CCCC(C)C3CO)cc2)CC1. The Morgan fingerprint density at radius 3 is 2.44 bits per heavy atom. The van der Waals surface area contributed by atoms with Crippen molar-refractivity contribution in [2.75, 3.05) is 36.5 Å². The van der Waals surface area contributed by atoms with E-state index in [1.54, 1.807) is 4.90 Å². The van der Waals surface area contributed by atoms with Gasteiger partial charge in [0.2, 0.25) is 0 Å². The Bertz CT molecular complexity index is 567. The number of carbonyl (C=O) groups excluding carboxylic acids is 1. The summed E-state index contributed by atoms with van der Waals surface area (Å²) in [6.07, 6.45) is 4.55. The first kappa shape index (κ1) is 18.1. The third-order valence-electron chi connectivity index (χ3n) is 5.83. The number of amides is 2. The quantitative estimate of drug-likeness (QED) is 0.881. The van der Waals surface area contributed by atoms with Crippen molar-refractivity contribution < 1.29 is 9.90 Å². The Hall–Kier alpha value is -1.75. The molecule has 0 radical (unpaired) electrons. The third kappa shape index (κ3) is 4.27. The molecule has 0 spiro atoms. The van der Waals surface area contributed by atoms with Crippen molar-refractivity contribution in [1.29, 1.82) is 0 Å². The van der Waals surface area contributed by atoms with E-state index in [-0.39, 0.29) is 18.7 Å². The minimum absolute atomic E-state index is 0.0287. The number of hydrogen-bond acceptors (Lipinski definition) is 3. The zero-order chi connectivity index (χ0) is 17.8. The molecule has 2 unspecified atom stereocenters. The second-order valence-corrected chi connectivity index (χ2v) is 7.71. The van der Waals surface area contributed by atoms with E-state index in [0.717, 1.165) is 37.5 Å². The summed E-state index contributed by atoms with van der Waals surface area (Å²) in [5.74, 6) is 1.16. The molecule has 2 saturated heterocycles. The van der Waals surface area contributed by atoms with Crippen LogP contribution in [-0.4, -0.2) is 48.3 Å². The topological polar surface area (TPSA) is 55.8 Å². The average molecular weight is 345 g/mol. The van der Waals surface area contributed by atoms with Crippen molar-refractivity contribution in [2.24, 2.45) is 11.8 Å². The van der Waals surface area contributed by atoms with Crippen LogP contribution in [0.4, 0.5) is 16.2 Å². The largest absolute Gasteiger partial charge is 0.394 e. The van der Waals surface area contributed by atoms with Gasteiger partial charge in [-0.25, -0.2) is 4.79 Å². The molecule has 138 valence electrons. The fraction of sp³-hybridized carbons (Fsp3) is 0.650. The van der Waals surface area contributed by atoms with E-state index in [4.69, 9.17) is 0 Å². The van der Waals surface area contributed by atoms with Crippen molar-refractivity contribution in [3.05, 3.63) is 24.3 Å². The van der Waals surface area contributed by atoms with E-state index in [0.29, 0.717) is 12.5 Å². The van der Waals surface area contributed by atoms with Gasteiger partial charge in [-0.15, -0.1) is 0 Å². The fourth-order valence-corrected chi connectivity index (χ4v) is 4.00. The van der Waals surface area contributed by atoms with Gasteiger partial charge < -0.3 is 20.2 Å². The van der Waals surface area contributed by atoms with E-state index in [1.807, 2.05) is 12.1 Å². The Kier molecular flexibility index (Phi) is 5.84. The first-order valence-corrected chi connectivity index (χ1v) is 9.62. The van der Waals surface area contributed by atoms with E-state index in [9.17, 15) is 9.90 Å². The molecule has 25 heavy (non-hydrogen) atoms. The van der Waals surface area contributed by atoms with Gasteiger partial charge in [0.15, 0.2) is 0 Å². The molecule has 5 heteroatoms. The van der Waals surface area contributed by atoms with Gasteiger partial charge in [-0.2, -0.15) is 0 Å². The summed E-state index contributed by atoms with van der Waals surface area (Å²) < 4.78 is 0. The molecule has 2 aliphatic rings. The molecule has 0 aliphatic carbocycles. The standard InChI is InChI=1S/C20H31N3O2/c1-15-9-12-22(13-10-15)18-7-5-17(6-8-18)21-20(25)23-11-3-4-16(2)19(23)14-24/h5-8,15-16,19,24H,3-4,9-14H2,1-2H3,(H,21,25). The fourth-order valence-electron chi connectivity index (χ4n) is 4.00. The molecule has 0 saturated carbocycles. The second kappa shape index (κ2) is 8.09. The number of nitrogens with zero attached hydrogens (tertiary/aromatic N) is 2. The van der Waals surface area contributed by atoms with Crippen LogP contribution in [0, 0.1) is 11.8 Å². The normalized spacial score (nSPS) is 25.1. The lowest BCUT2D eigenvalue weighted by atomic mass is 9.91. The summed E-state index contributed by atoms with van der Waals surface area (Å²) in [5, 5.41) is 12.6. The number of benzene rings is 1. The number of rotatable bonds is 3. The number of nitrogens with one attached hydrogen (secondary N) is 1. The highest BCUT2D eigenvalue weighted by molar-refractivity contribution is 5.89. The van der Waals surface area contributed by atoms with E-state index >= 15 is 0 Å². The van der Waals surface area contributed by atoms with Crippen molar-refractivity contribution in [2.45, 2.75) is 45.6 Å². The maximum absolute atomic E-state index is 12.6. The molecule has 2 amide bonds. The van der Waals surface area contributed by atoms with Gasteiger partial charge in [0.1, 0.15) is 0 Å². The zero-order valence-corrected chi connectivity index (χ0v) is 15.4. The van der Waals surface area contributed by atoms with Crippen LogP contribution in [-0.2, 0) is 0 Å². The summed E-state index contributed by atoms with van der Waals surface area (Å²) in [6, 6.07) is 7.95. The molecular weight excluding hydrogens is 314 g/mol. The molecular formula is C20H31N3O2. The van der Waals surface area contributed by atoms with Crippen LogP contribution in [0.5, 0.6) is 0 Å². The van der Waals surface area contributed by atoms with Crippen LogP contribution in [0.2, 0.25) is 0 Å². The summed E-state index contributed by atoms with van der Waals surface area (Å²) in [6.45, 7) is 7.38. The third-order valence-corrected chi connectivity index (χ3v) is 5.83. The highest BCUT2D eigenvalue weighted by atomic mass is 16.3. The number of carbonyl (C=O) groups is 1. The number of urea groups is 1. The first-order chi connectivity index (χ1) is 12.1. The Morgan fingerprint density at radius 1 is 1.12 bits per heavy atom. The lowest BCUT2D eigenvalue weighted by molar-refractivity contribution is 0.0811. The van der Waals surface area contributed by atoms with Gasteiger partial charge in [0, 0.05) is 31.0 Å².